The monoisotopic (exact) mass is 566 g/mol. The fraction of sp³-hybridized carbons (Fsp3) is 0.345. The summed E-state index contributed by atoms with van der Waals surface area (Å²) < 4.78 is 7.03. The number of fused-ring (bicyclic) bond motifs is 3. The standard InChI is InChI=1S/C29H27ClN10O/c1-41-23-6-2-17(3-7-23)14-39(20-4-5-20)29-36-28(35-27-19(12-32)13-34-40(27)29)38-16-21-10-22(38)15-37(21)25-9-18(11-31)8-24(33)26(25)30/h2-3,6-9,13,20-22H,4-5,10,14-16,33H2,1H3/t21-,22-/m1/s1. The number of piperazine rings is 1. The van der Waals surface area contributed by atoms with Gasteiger partial charge in [-0.1, -0.05) is 23.7 Å². The molecule has 1 aliphatic carbocycles. The third kappa shape index (κ3) is 4.30. The number of benzene rings is 2. The Morgan fingerprint density at radius 3 is 2.49 bits per heavy atom. The van der Waals surface area contributed by atoms with Crippen LogP contribution < -0.4 is 25.2 Å². The number of anilines is 4. The Morgan fingerprint density at radius 2 is 1.83 bits per heavy atom. The molecule has 12 heteroatoms. The number of nitriles is 2. The number of nitrogens with two attached hydrogens (primary N) is 1. The molecule has 3 fully saturated rings. The van der Waals surface area contributed by atoms with Crippen LogP contribution in [0.3, 0.4) is 0 Å². The van der Waals surface area contributed by atoms with Crippen molar-refractivity contribution in [2.24, 2.45) is 0 Å². The van der Waals surface area contributed by atoms with Crippen LogP contribution in [0.1, 0.15) is 36.0 Å². The normalized spacial score (nSPS) is 19.4. The maximum atomic E-state index is 9.82. The SMILES string of the molecule is COc1ccc(CN(c2nc(N3C[C@H]4C[C@@H]3CN4c3cc(C#N)cc(N)c3Cl)nc3c(C#N)cnn23)C2CC2)cc1. The molecule has 4 heterocycles. The molecule has 41 heavy (non-hydrogen) atoms. The average molecular weight is 567 g/mol. The van der Waals surface area contributed by atoms with Gasteiger partial charge in [-0.3, -0.25) is 0 Å². The van der Waals surface area contributed by atoms with E-state index in [1.54, 1.807) is 23.9 Å². The molecular weight excluding hydrogens is 540 g/mol. The van der Waals surface area contributed by atoms with E-state index in [2.05, 4.69) is 44.1 Å². The lowest BCUT2D eigenvalue weighted by Crippen LogP contribution is -2.47. The number of nitrogen functional groups attached to an aromatic ring is 1. The highest BCUT2D eigenvalue weighted by atomic mass is 35.5. The molecule has 11 nitrogen and oxygen atoms in total. The molecule has 0 spiro atoms. The van der Waals surface area contributed by atoms with E-state index in [0.29, 0.717) is 65.1 Å². The number of rotatable bonds is 7. The van der Waals surface area contributed by atoms with Crippen molar-refractivity contribution in [1.82, 2.24) is 19.6 Å². The van der Waals surface area contributed by atoms with Gasteiger partial charge in [0.1, 0.15) is 17.4 Å². The summed E-state index contributed by atoms with van der Waals surface area (Å²) in [6.45, 7) is 2.04. The zero-order valence-corrected chi connectivity index (χ0v) is 23.2. The van der Waals surface area contributed by atoms with Crippen LogP contribution in [0.2, 0.25) is 5.02 Å². The van der Waals surface area contributed by atoms with Crippen molar-refractivity contribution in [3.63, 3.8) is 0 Å². The molecule has 206 valence electrons. The van der Waals surface area contributed by atoms with Crippen molar-refractivity contribution >= 4 is 40.5 Å². The number of aromatic nitrogens is 4. The van der Waals surface area contributed by atoms with E-state index in [4.69, 9.17) is 32.0 Å². The summed E-state index contributed by atoms with van der Waals surface area (Å²) in [5.41, 5.74) is 9.84. The molecule has 3 aliphatic rings. The summed E-state index contributed by atoms with van der Waals surface area (Å²) in [5, 5.41) is 24.3. The highest BCUT2D eigenvalue weighted by molar-refractivity contribution is 6.35. The highest BCUT2D eigenvalue weighted by Gasteiger charge is 2.45. The van der Waals surface area contributed by atoms with E-state index >= 15 is 0 Å². The first-order chi connectivity index (χ1) is 20.0. The van der Waals surface area contributed by atoms with Gasteiger partial charge in [-0.2, -0.15) is 30.1 Å². The maximum absolute atomic E-state index is 9.82. The molecule has 2 atom stereocenters. The Labute approximate surface area is 241 Å². The molecule has 4 aromatic rings. The number of hydrogen-bond donors (Lipinski definition) is 1. The Kier molecular flexibility index (Phi) is 5.98. The van der Waals surface area contributed by atoms with Crippen LogP contribution in [0.4, 0.5) is 23.3 Å². The highest BCUT2D eigenvalue weighted by Crippen LogP contribution is 2.42. The first kappa shape index (κ1) is 25.2. The van der Waals surface area contributed by atoms with Crippen LogP contribution in [0.5, 0.6) is 5.75 Å². The number of methoxy groups -OCH3 is 1. The fourth-order valence-corrected chi connectivity index (χ4v) is 6.25. The number of ether oxygens (including phenoxy) is 1. The number of nitrogens with zero attached hydrogens (tertiary/aromatic N) is 9. The molecular formula is C29H27ClN10O. The van der Waals surface area contributed by atoms with Crippen LogP contribution in [-0.2, 0) is 6.54 Å². The smallest absolute Gasteiger partial charge is 0.232 e. The van der Waals surface area contributed by atoms with Gasteiger partial charge in [-0.15, -0.1) is 0 Å². The third-order valence-corrected chi connectivity index (χ3v) is 8.65. The molecule has 0 radical (unpaired) electrons. The third-order valence-electron chi connectivity index (χ3n) is 8.23. The molecule has 0 unspecified atom stereocenters. The van der Waals surface area contributed by atoms with Crippen LogP contribution >= 0.6 is 11.6 Å². The van der Waals surface area contributed by atoms with Gasteiger partial charge < -0.3 is 25.2 Å². The lowest BCUT2D eigenvalue weighted by atomic mass is 10.1. The summed E-state index contributed by atoms with van der Waals surface area (Å²) in [6.07, 6.45) is 4.60. The van der Waals surface area contributed by atoms with Gasteiger partial charge in [0.05, 0.1) is 47.4 Å². The Morgan fingerprint density at radius 1 is 1.07 bits per heavy atom. The Hall–Kier alpha value is -4.74. The van der Waals surface area contributed by atoms with Crippen LogP contribution in [0.15, 0.2) is 42.6 Å². The second kappa shape index (κ2) is 9.72. The molecule has 0 amide bonds. The van der Waals surface area contributed by atoms with Crippen LogP contribution in [-0.4, -0.2) is 57.9 Å². The van der Waals surface area contributed by atoms with E-state index in [1.807, 2.05) is 18.2 Å². The van der Waals surface area contributed by atoms with Crippen molar-refractivity contribution in [3.8, 4) is 17.9 Å². The van der Waals surface area contributed by atoms with Crippen molar-refractivity contribution in [2.45, 2.75) is 43.9 Å². The topological polar surface area (TPSA) is 136 Å². The molecule has 1 saturated carbocycles. The van der Waals surface area contributed by atoms with Crippen molar-refractivity contribution < 1.29 is 4.74 Å². The molecule has 2 N–H and O–H groups in total. The molecule has 2 aliphatic heterocycles. The lowest BCUT2D eigenvalue weighted by Gasteiger charge is -2.36. The average Bonchev–Trinajstić information content (AvgIpc) is 3.43. The first-order valence-corrected chi connectivity index (χ1v) is 13.9. The first-order valence-electron chi connectivity index (χ1n) is 13.5. The zero-order valence-electron chi connectivity index (χ0n) is 22.4. The summed E-state index contributed by atoms with van der Waals surface area (Å²) in [6, 6.07) is 16.5. The molecule has 2 aromatic carbocycles. The van der Waals surface area contributed by atoms with Gasteiger partial charge in [0.25, 0.3) is 0 Å². The quantitative estimate of drug-likeness (QED) is 0.329. The Bertz CT molecular complexity index is 1740. The summed E-state index contributed by atoms with van der Waals surface area (Å²) >= 11 is 6.59. The van der Waals surface area contributed by atoms with Gasteiger partial charge >= 0.3 is 0 Å². The van der Waals surface area contributed by atoms with Crippen LogP contribution in [0.25, 0.3) is 5.65 Å². The minimum Gasteiger partial charge on any atom is -0.497 e. The van der Waals surface area contributed by atoms with Crippen molar-refractivity contribution in [2.75, 3.05) is 40.6 Å². The lowest BCUT2D eigenvalue weighted by molar-refractivity contribution is 0.414. The molecule has 2 saturated heterocycles. The van der Waals surface area contributed by atoms with Gasteiger partial charge in [0, 0.05) is 31.7 Å². The Balaban J connectivity index is 1.23. The van der Waals surface area contributed by atoms with E-state index in [-0.39, 0.29) is 12.1 Å². The van der Waals surface area contributed by atoms with Crippen molar-refractivity contribution in [1.29, 1.82) is 10.5 Å². The predicted octanol–water partition coefficient (Wildman–Crippen LogP) is 3.75. The molecule has 2 aromatic heterocycles. The van der Waals surface area contributed by atoms with E-state index in [9.17, 15) is 10.5 Å². The second-order valence-corrected chi connectivity index (χ2v) is 11.2. The van der Waals surface area contributed by atoms with Gasteiger partial charge in [-0.05, 0) is 49.1 Å². The summed E-state index contributed by atoms with van der Waals surface area (Å²) in [7, 11) is 1.66. The molecule has 2 bridgehead atoms. The van der Waals surface area contributed by atoms with E-state index < -0.39 is 0 Å². The van der Waals surface area contributed by atoms with Gasteiger partial charge in [0.2, 0.25) is 11.9 Å². The predicted molar refractivity (Wildman–Crippen MR) is 155 cm³/mol. The summed E-state index contributed by atoms with van der Waals surface area (Å²) in [5.74, 6) is 2.08. The zero-order chi connectivity index (χ0) is 28.2. The minimum atomic E-state index is 0.141. The fourth-order valence-electron chi connectivity index (χ4n) is 6.03. The van der Waals surface area contributed by atoms with Gasteiger partial charge in [-0.25, -0.2) is 0 Å². The maximum Gasteiger partial charge on any atom is 0.232 e. The van der Waals surface area contributed by atoms with Crippen molar-refractivity contribution in [3.05, 3.63) is 64.3 Å². The number of hydrogen-bond acceptors (Lipinski definition) is 10. The second-order valence-electron chi connectivity index (χ2n) is 10.8. The van der Waals surface area contributed by atoms with Crippen LogP contribution in [0, 0.1) is 22.7 Å². The van der Waals surface area contributed by atoms with Gasteiger partial charge in [0.15, 0.2) is 5.65 Å². The largest absolute Gasteiger partial charge is 0.497 e. The van der Waals surface area contributed by atoms with E-state index in [1.165, 1.54) is 0 Å². The molecule has 7 rings (SSSR count). The number of halogens is 1. The van der Waals surface area contributed by atoms with E-state index in [0.717, 1.165) is 36.3 Å². The minimum absolute atomic E-state index is 0.141. The summed E-state index contributed by atoms with van der Waals surface area (Å²) in [4.78, 5) is 16.7.